The summed E-state index contributed by atoms with van der Waals surface area (Å²) in [5.74, 6) is 0.545. The van der Waals surface area contributed by atoms with E-state index >= 15 is 0 Å². The van der Waals surface area contributed by atoms with Crippen LogP contribution in [0.1, 0.15) is 18.1 Å². The normalized spacial score (nSPS) is 10.2. The highest BCUT2D eigenvalue weighted by atomic mass is 16.5. The van der Waals surface area contributed by atoms with Gasteiger partial charge in [0.25, 0.3) is 0 Å². The number of aryl methyl sites for hydroxylation is 2. The summed E-state index contributed by atoms with van der Waals surface area (Å²) in [5, 5.41) is 9.38. The summed E-state index contributed by atoms with van der Waals surface area (Å²) >= 11 is 0. The molecule has 2 aromatic carbocycles. The Morgan fingerprint density at radius 2 is 1.74 bits per heavy atom. The second-order valence-electron chi connectivity index (χ2n) is 4.41. The molecule has 0 fully saturated rings. The molecule has 0 amide bonds. The summed E-state index contributed by atoms with van der Waals surface area (Å²) in [7, 11) is 0. The summed E-state index contributed by atoms with van der Waals surface area (Å²) in [5.41, 5.74) is 2.27. The van der Waals surface area contributed by atoms with Crippen molar-refractivity contribution in [2.24, 2.45) is 0 Å². The van der Waals surface area contributed by atoms with Crippen LogP contribution >= 0.6 is 0 Å². The largest absolute Gasteiger partial charge is 0.508 e. The van der Waals surface area contributed by atoms with Crippen LogP contribution in [0.4, 0.5) is 0 Å². The number of phenols is 1. The molecule has 0 aliphatic heterocycles. The van der Waals surface area contributed by atoms with E-state index in [0.29, 0.717) is 11.5 Å². The van der Waals surface area contributed by atoms with E-state index in [9.17, 15) is 9.90 Å². The molecular formula is C16H16O3. The molecule has 0 saturated carbocycles. The highest BCUT2D eigenvalue weighted by Crippen LogP contribution is 2.16. The van der Waals surface area contributed by atoms with E-state index in [-0.39, 0.29) is 5.97 Å². The second-order valence-corrected chi connectivity index (χ2v) is 4.41. The molecule has 0 radical (unpaired) electrons. The lowest BCUT2D eigenvalue weighted by molar-refractivity contribution is -0.131. The highest BCUT2D eigenvalue weighted by molar-refractivity contribution is 5.69. The van der Waals surface area contributed by atoms with Crippen molar-refractivity contribution >= 4 is 5.97 Å². The molecular weight excluding hydrogens is 240 g/mol. The summed E-state index contributed by atoms with van der Waals surface area (Å²) in [4.78, 5) is 10.8. The predicted octanol–water partition coefficient (Wildman–Crippen LogP) is 3.10. The molecule has 0 atom stereocenters. The predicted molar refractivity (Wildman–Crippen MR) is 73.3 cm³/mol. The van der Waals surface area contributed by atoms with Crippen molar-refractivity contribution in [3.63, 3.8) is 0 Å². The van der Waals surface area contributed by atoms with Gasteiger partial charge in [-0.3, -0.25) is 4.79 Å². The highest BCUT2D eigenvalue weighted by Gasteiger charge is 2.00. The molecule has 0 bridgehead atoms. The molecule has 0 aliphatic carbocycles. The molecule has 3 heteroatoms. The fourth-order valence-corrected chi connectivity index (χ4v) is 1.89. The summed E-state index contributed by atoms with van der Waals surface area (Å²) in [6, 6.07) is 14.7. The van der Waals surface area contributed by atoms with E-state index in [2.05, 4.69) is 0 Å². The van der Waals surface area contributed by atoms with Gasteiger partial charge in [-0.05, 0) is 48.2 Å². The molecule has 3 nitrogen and oxygen atoms in total. The molecule has 0 aromatic heterocycles. The van der Waals surface area contributed by atoms with Gasteiger partial charge in [-0.15, -0.1) is 0 Å². The number of aromatic hydroxyl groups is 1. The first-order valence-corrected chi connectivity index (χ1v) is 6.19. The van der Waals surface area contributed by atoms with Crippen molar-refractivity contribution in [2.75, 3.05) is 0 Å². The zero-order valence-electron chi connectivity index (χ0n) is 10.8. The zero-order chi connectivity index (χ0) is 13.7. The molecule has 2 aromatic rings. The van der Waals surface area contributed by atoms with E-state index in [1.54, 1.807) is 24.3 Å². The second kappa shape index (κ2) is 6.05. The Morgan fingerprint density at radius 3 is 2.37 bits per heavy atom. The molecule has 0 spiro atoms. The molecule has 1 N–H and O–H groups in total. The maximum Gasteiger partial charge on any atom is 0.308 e. The maximum atomic E-state index is 10.8. The topological polar surface area (TPSA) is 46.5 Å². The lowest BCUT2D eigenvalue weighted by Crippen LogP contribution is -2.01. The first kappa shape index (κ1) is 13.1. The molecule has 98 valence electrons. The smallest absolute Gasteiger partial charge is 0.308 e. The fraction of sp³-hybridized carbons (Fsp3) is 0.188. The number of rotatable bonds is 4. The number of phenolic OH excluding ortho intramolecular Hbond substituents is 1. The summed E-state index contributed by atoms with van der Waals surface area (Å²) in [6.45, 7) is 1.38. The number of ether oxygens (including phenoxy) is 1. The van der Waals surface area contributed by atoms with Crippen LogP contribution < -0.4 is 4.74 Å². The molecule has 0 saturated heterocycles. The van der Waals surface area contributed by atoms with Crippen LogP contribution in [0.3, 0.4) is 0 Å². The minimum atomic E-state index is -0.312. The third-order valence-corrected chi connectivity index (χ3v) is 2.80. The third kappa shape index (κ3) is 4.14. The number of carbonyl (C=O) groups is 1. The van der Waals surface area contributed by atoms with Crippen molar-refractivity contribution in [1.29, 1.82) is 0 Å². The molecule has 19 heavy (non-hydrogen) atoms. The van der Waals surface area contributed by atoms with Gasteiger partial charge in [-0.2, -0.15) is 0 Å². The van der Waals surface area contributed by atoms with Gasteiger partial charge in [0.1, 0.15) is 11.5 Å². The van der Waals surface area contributed by atoms with Gasteiger partial charge in [0.15, 0.2) is 0 Å². The lowest BCUT2D eigenvalue weighted by atomic mass is 10.0. The zero-order valence-corrected chi connectivity index (χ0v) is 10.8. The summed E-state index contributed by atoms with van der Waals surface area (Å²) in [6.07, 6.45) is 1.74. The van der Waals surface area contributed by atoms with E-state index in [4.69, 9.17) is 4.74 Å². The Balaban J connectivity index is 1.94. The van der Waals surface area contributed by atoms with Gasteiger partial charge < -0.3 is 9.84 Å². The van der Waals surface area contributed by atoms with E-state index in [1.165, 1.54) is 12.5 Å². The number of carbonyl (C=O) groups excluding carboxylic acids is 1. The van der Waals surface area contributed by atoms with Gasteiger partial charge in [0.05, 0.1) is 0 Å². The SMILES string of the molecule is CC(=O)Oc1ccc(CCc2cccc(O)c2)cc1. The molecule has 0 heterocycles. The molecule has 0 aliphatic rings. The number of esters is 1. The number of hydrogen-bond donors (Lipinski definition) is 1. The van der Waals surface area contributed by atoms with Crippen molar-refractivity contribution in [2.45, 2.75) is 19.8 Å². The Kier molecular flexibility index (Phi) is 4.18. The number of benzene rings is 2. The van der Waals surface area contributed by atoms with Crippen LogP contribution in [-0.4, -0.2) is 11.1 Å². The Hall–Kier alpha value is -2.29. The molecule has 2 rings (SSSR count). The maximum absolute atomic E-state index is 10.8. The number of hydrogen-bond acceptors (Lipinski definition) is 3. The minimum absolute atomic E-state index is 0.294. The first-order chi connectivity index (χ1) is 9.13. The van der Waals surface area contributed by atoms with E-state index in [0.717, 1.165) is 18.4 Å². The Morgan fingerprint density at radius 1 is 1.05 bits per heavy atom. The van der Waals surface area contributed by atoms with Crippen molar-refractivity contribution in [3.8, 4) is 11.5 Å². The first-order valence-electron chi connectivity index (χ1n) is 6.19. The van der Waals surface area contributed by atoms with Gasteiger partial charge >= 0.3 is 5.97 Å². The monoisotopic (exact) mass is 256 g/mol. The van der Waals surface area contributed by atoms with Gasteiger partial charge in [0, 0.05) is 6.92 Å². The van der Waals surface area contributed by atoms with Crippen LogP contribution in [0.2, 0.25) is 0 Å². The Labute approximate surface area is 112 Å². The quantitative estimate of drug-likeness (QED) is 0.675. The molecule has 0 unspecified atom stereocenters. The van der Waals surface area contributed by atoms with Crippen LogP contribution in [-0.2, 0) is 17.6 Å². The average molecular weight is 256 g/mol. The summed E-state index contributed by atoms with van der Waals surface area (Å²) < 4.78 is 4.98. The van der Waals surface area contributed by atoms with Crippen molar-refractivity contribution in [1.82, 2.24) is 0 Å². The standard InChI is InChI=1S/C16H16O3/c1-12(17)19-16-9-7-13(8-10-16)5-6-14-3-2-4-15(18)11-14/h2-4,7-11,18H,5-6H2,1H3. The Bertz CT molecular complexity index is 558. The van der Waals surface area contributed by atoms with Gasteiger partial charge in [0.2, 0.25) is 0 Å². The van der Waals surface area contributed by atoms with Crippen molar-refractivity contribution < 1.29 is 14.6 Å². The van der Waals surface area contributed by atoms with Crippen LogP contribution in [0.5, 0.6) is 11.5 Å². The van der Waals surface area contributed by atoms with Crippen LogP contribution in [0.15, 0.2) is 48.5 Å². The van der Waals surface area contributed by atoms with Crippen molar-refractivity contribution in [3.05, 3.63) is 59.7 Å². The average Bonchev–Trinajstić information content (AvgIpc) is 2.37. The van der Waals surface area contributed by atoms with E-state index < -0.39 is 0 Å². The van der Waals surface area contributed by atoms with Gasteiger partial charge in [-0.1, -0.05) is 24.3 Å². The van der Waals surface area contributed by atoms with Crippen LogP contribution in [0.25, 0.3) is 0 Å². The fourth-order valence-electron chi connectivity index (χ4n) is 1.89. The van der Waals surface area contributed by atoms with E-state index in [1.807, 2.05) is 24.3 Å². The third-order valence-electron chi connectivity index (χ3n) is 2.80. The van der Waals surface area contributed by atoms with Crippen LogP contribution in [0, 0.1) is 0 Å². The lowest BCUT2D eigenvalue weighted by Gasteiger charge is -2.05. The van der Waals surface area contributed by atoms with Gasteiger partial charge in [-0.25, -0.2) is 0 Å². The minimum Gasteiger partial charge on any atom is -0.508 e.